The van der Waals surface area contributed by atoms with E-state index in [-0.39, 0.29) is 17.4 Å². The van der Waals surface area contributed by atoms with Crippen LogP contribution in [0, 0.1) is 12.8 Å². The molecule has 2 aliphatic heterocycles. The number of likely N-dealkylation sites (tertiary alicyclic amines) is 1. The molecule has 2 aliphatic rings. The molecule has 6 nitrogen and oxygen atoms in total. The van der Waals surface area contributed by atoms with Gasteiger partial charge in [-0.1, -0.05) is 18.2 Å². The van der Waals surface area contributed by atoms with E-state index in [0.29, 0.717) is 24.8 Å². The summed E-state index contributed by atoms with van der Waals surface area (Å²) in [5, 5.41) is 0.945. The van der Waals surface area contributed by atoms with Crippen molar-refractivity contribution in [1.29, 1.82) is 0 Å². The van der Waals surface area contributed by atoms with Crippen LogP contribution in [-0.4, -0.2) is 38.4 Å². The Bertz CT molecular complexity index is 1170. The van der Waals surface area contributed by atoms with Crippen molar-refractivity contribution >= 4 is 16.8 Å². The van der Waals surface area contributed by atoms with Gasteiger partial charge in [-0.05, 0) is 31.4 Å². The number of carbonyl (C=O) groups excluding carboxylic acids is 1. The van der Waals surface area contributed by atoms with Gasteiger partial charge in [0.15, 0.2) is 0 Å². The molecule has 0 aliphatic carbocycles. The zero-order valence-corrected chi connectivity index (χ0v) is 16.1. The van der Waals surface area contributed by atoms with E-state index < -0.39 is 0 Å². The van der Waals surface area contributed by atoms with Gasteiger partial charge in [0.2, 0.25) is 5.91 Å². The Morgan fingerprint density at radius 2 is 1.93 bits per heavy atom. The molecule has 4 heterocycles. The van der Waals surface area contributed by atoms with Crippen LogP contribution >= 0.6 is 0 Å². The van der Waals surface area contributed by atoms with E-state index in [1.54, 1.807) is 13.0 Å². The fraction of sp³-hybridized carbons (Fsp3) is 0.364. The average Bonchev–Trinajstić information content (AvgIpc) is 2.67. The molecular weight excluding hydrogens is 352 g/mol. The molecule has 1 aromatic carbocycles. The zero-order valence-electron chi connectivity index (χ0n) is 16.1. The van der Waals surface area contributed by atoms with Gasteiger partial charge < -0.3 is 9.47 Å². The van der Waals surface area contributed by atoms with E-state index in [1.165, 1.54) is 0 Å². The molecule has 3 aromatic rings. The summed E-state index contributed by atoms with van der Waals surface area (Å²) in [7, 11) is 0. The predicted octanol–water partition coefficient (Wildman–Crippen LogP) is 2.73. The van der Waals surface area contributed by atoms with Crippen LogP contribution in [0.1, 0.15) is 30.8 Å². The van der Waals surface area contributed by atoms with Gasteiger partial charge in [0.25, 0.3) is 5.56 Å². The Balaban J connectivity index is 1.67. The quantitative estimate of drug-likeness (QED) is 0.657. The second-order valence-corrected chi connectivity index (χ2v) is 7.98. The molecule has 6 heteroatoms. The summed E-state index contributed by atoms with van der Waals surface area (Å²) in [6.07, 6.45) is 1.02. The largest absolute Gasteiger partial charge is 0.342 e. The van der Waals surface area contributed by atoms with Crippen LogP contribution < -0.4 is 5.56 Å². The molecular formula is C22H22N4O2. The SMILES string of the molecule is CC(=O)N1C[C@@H]2C[C@H](C1)c1cc(-c3nc(C)nc4ccccc34)cc(=O)n1C2. The van der Waals surface area contributed by atoms with Gasteiger partial charge in [-0.2, -0.15) is 0 Å². The Kier molecular flexibility index (Phi) is 3.82. The maximum absolute atomic E-state index is 13.0. The van der Waals surface area contributed by atoms with E-state index in [2.05, 4.69) is 16.0 Å². The number of hydrogen-bond acceptors (Lipinski definition) is 4. The first kappa shape index (κ1) is 17.1. The van der Waals surface area contributed by atoms with Crippen molar-refractivity contribution in [1.82, 2.24) is 19.4 Å². The first-order valence-electron chi connectivity index (χ1n) is 9.73. The van der Waals surface area contributed by atoms with Gasteiger partial charge in [-0.25, -0.2) is 9.97 Å². The minimum Gasteiger partial charge on any atom is -0.342 e. The number of nitrogens with zero attached hydrogens (tertiary/aromatic N) is 4. The van der Waals surface area contributed by atoms with Crippen molar-refractivity contribution in [3.63, 3.8) is 0 Å². The summed E-state index contributed by atoms with van der Waals surface area (Å²) in [4.78, 5) is 36.0. The second-order valence-electron chi connectivity index (χ2n) is 7.98. The number of fused-ring (bicyclic) bond motifs is 5. The predicted molar refractivity (Wildman–Crippen MR) is 107 cm³/mol. The van der Waals surface area contributed by atoms with Gasteiger partial charge >= 0.3 is 0 Å². The summed E-state index contributed by atoms with van der Waals surface area (Å²) >= 11 is 0. The lowest BCUT2D eigenvalue weighted by atomic mass is 9.82. The monoisotopic (exact) mass is 374 g/mol. The van der Waals surface area contributed by atoms with Gasteiger partial charge in [0.1, 0.15) is 5.82 Å². The van der Waals surface area contributed by atoms with Crippen molar-refractivity contribution in [3.05, 3.63) is 58.3 Å². The van der Waals surface area contributed by atoms with Crippen molar-refractivity contribution < 1.29 is 4.79 Å². The normalized spacial score (nSPS) is 20.9. The summed E-state index contributed by atoms with van der Waals surface area (Å²) in [6, 6.07) is 11.7. The lowest BCUT2D eigenvalue weighted by Crippen LogP contribution is -2.48. The third kappa shape index (κ3) is 2.71. The number of rotatable bonds is 1. The van der Waals surface area contributed by atoms with Crippen LogP contribution in [0.4, 0.5) is 0 Å². The van der Waals surface area contributed by atoms with Crippen LogP contribution in [0.3, 0.4) is 0 Å². The second kappa shape index (κ2) is 6.26. The fourth-order valence-electron chi connectivity index (χ4n) is 4.77. The molecule has 0 N–H and O–H groups in total. The van der Waals surface area contributed by atoms with Gasteiger partial charge in [0.05, 0.1) is 11.2 Å². The van der Waals surface area contributed by atoms with E-state index in [1.807, 2.05) is 40.7 Å². The molecule has 0 saturated carbocycles. The smallest absolute Gasteiger partial charge is 0.251 e. The number of para-hydroxylation sites is 1. The lowest BCUT2D eigenvalue weighted by molar-refractivity contribution is -0.131. The van der Waals surface area contributed by atoms with E-state index in [4.69, 9.17) is 0 Å². The van der Waals surface area contributed by atoms with E-state index in [9.17, 15) is 9.59 Å². The number of carbonyl (C=O) groups is 1. The minimum atomic E-state index is 0.0128. The highest BCUT2D eigenvalue weighted by molar-refractivity contribution is 5.92. The molecule has 2 bridgehead atoms. The maximum Gasteiger partial charge on any atom is 0.251 e. The Morgan fingerprint density at radius 1 is 1.11 bits per heavy atom. The van der Waals surface area contributed by atoms with Crippen LogP contribution in [0.15, 0.2) is 41.2 Å². The van der Waals surface area contributed by atoms with Crippen LogP contribution in [0.2, 0.25) is 0 Å². The van der Waals surface area contributed by atoms with Gasteiger partial charge in [-0.15, -0.1) is 0 Å². The van der Waals surface area contributed by atoms with Gasteiger partial charge in [0, 0.05) is 55.2 Å². The van der Waals surface area contributed by atoms with Crippen molar-refractivity contribution in [3.8, 4) is 11.3 Å². The van der Waals surface area contributed by atoms with Crippen molar-refractivity contribution in [2.45, 2.75) is 32.7 Å². The lowest BCUT2D eigenvalue weighted by Gasteiger charge is -2.42. The van der Waals surface area contributed by atoms with Crippen LogP contribution in [0.5, 0.6) is 0 Å². The Labute approximate surface area is 162 Å². The molecule has 1 amide bonds. The number of aromatic nitrogens is 3. The Morgan fingerprint density at radius 3 is 2.75 bits per heavy atom. The third-order valence-electron chi connectivity index (χ3n) is 5.99. The minimum absolute atomic E-state index is 0.0128. The highest BCUT2D eigenvalue weighted by Gasteiger charge is 2.35. The number of hydrogen-bond donors (Lipinski definition) is 0. The summed E-state index contributed by atoms with van der Waals surface area (Å²) in [6.45, 7) is 5.60. The average molecular weight is 374 g/mol. The van der Waals surface area contributed by atoms with E-state index in [0.717, 1.165) is 40.8 Å². The molecule has 2 aromatic heterocycles. The van der Waals surface area contributed by atoms with E-state index >= 15 is 0 Å². The molecule has 2 atom stereocenters. The molecule has 28 heavy (non-hydrogen) atoms. The topological polar surface area (TPSA) is 68.1 Å². The molecule has 0 radical (unpaired) electrons. The third-order valence-corrected chi connectivity index (χ3v) is 5.99. The summed E-state index contributed by atoms with van der Waals surface area (Å²) in [5.41, 5.74) is 3.54. The number of amides is 1. The maximum atomic E-state index is 13.0. The summed E-state index contributed by atoms with van der Waals surface area (Å²) < 4.78 is 1.90. The molecule has 0 unspecified atom stereocenters. The number of piperidine rings is 1. The number of benzene rings is 1. The van der Waals surface area contributed by atoms with Gasteiger partial charge in [-0.3, -0.25) is 9.59 Å². The van der Waals surface area contributed by atoms with Crippen LogP contribution in [0.25, 0.3) is 22.2 Å². The molecule has 1 saturated heterocycles. The molecule has 142 valence electrons. The summed E-state index contributed by atoms with van der Waals surface area (Å²) in [5.74, 6) is 1.34. The fourth-order valence-corrected chi connectivity index (χ4v) is 4.77. The standard InChI is InChI=1S/C22H22N4O2/c1-13-23-19-6-4-3-5-18(19)22(24-13)16-8-20-17-7-15(10-25(12-17)14(2)27)11-26(20)21(28)9-16/h3-6,8-9,15,17H,7,10-12H2,1-2H3/t15-,17+/m0/s1. The van der Waals surface area contributed by atoms with Crippen LogP contribution in [-0.2, 0) is 11.3 Å². The zero-order chi connectivity index (χ0) is 19.4. The number of aryl methyl sites for hydroxylation is 1. The van der Waals surface area contributed by atoms with Crippen molar-refractivity contribution in [2.24, 2.45) is 5.92 Å². The highest BCUT2D eigenvalue weighted by atomic mass is 16.2. The first-order chi connectivity index (χ1) is 13.5. The van der Waals surface area contributed by atoms with Crippen molar-refractivity contribution in [2.75, 3.05) is 13.1 Å². The molecule has 1 fully saturated rings. The highest BCUT2D eigenvalue weighted by Crippen LogP contribution is 2.37. The first-order valence-corrected chi connectivity index (χ1v) is 9.73. The number of pyridine rings is 1. The Hall–Kier alpha value is -3.02. The molecule has 0 spiro atoms. The molecule has 5 rings (SSSR count).